The number of nitrogens with one attached hydrogen (secondary N) is 2. The van der Waals surface area contributed by atoms with Crippen LogP contribution in [0.4, 0.5) is 5.69 Å². The summed E-state index contributed by atoms with van der Waals surface area (Å²) in [7, 11) is 0. The molecule has 1 amide bonds. The summed E-state index contributed by atoms with van der Waals surface area (Å²) in [6.45, 7) is 0. The van der Waals surface area contributed by atoms with Gasteiger partial charge in [0.15, 0.2) is 5.69 Å². The first-order valence-electron chi connectivity index (χ1n) is 5.20. The van der Waals surface area contributed by atoms with Crippen molar-refractivity contribution in [2.45, 2.75) is 0 Å². The molecule has 2 aromatic rings. The van der Waals surface area contributed by atoms with Crippen molar-refractivity contribution in [2.75, 3.05) is 11.2 Å². The van der Waals surface area contributed by atoms with Crippen molar-refractivity contribution in [3.05, 3.63) is 51.9 Å². The molecule has 2 rings (SSSR count). The molecule has 0 bridgehead atoms. The van der Waals surface area contributed by atoms with Crippen LogP contribution in [-0.2, 0) is 0 Å². The molecule has 0 saturated heterocycles. The third-order valence-corrected chi connectivity index (χ3v) is 2.40. The van der Waals surface area contributed by atoms with Gasteiger partial charge < -0.3 is 16.3 Å². The molecule has 0 unspecified atom stereocenters. The van der Waals surface area contributed by atoms with Crippen LogP contribution in [0.3, 0.4) is 0 Å². The number of carboxylic acids is 1. The number of aromatic nitrogens is 2. The Labute approximate surface area is 106 Å². The maximum Gasteiger partial charge on any atom is 0.356 e. The van der Waals surface area contributed by atoms with Gasteiger partial charge in [-0.15, -0.1) is 0 Å². The molecule has 5 N–H and O–H groups in total. The van der Waals surface area contributed by atoms with Crippen LogP contribution in [0.2, 0.25) is 0 Å². The Hall–Kier alpha value is -3.03. The zero-order chi connectivity index (χ0) is 14.0. The second-order valence-electron chi connectivity index (χ2n) is 3.66. The molecule has 0 radical (unpaired) electrons. The van der Waals surface area contributed by atoms with E-state index in [-0.39, 0.29) is 0 Å². The van der Waals surface area contributed by atoms with Gasteiger partial charge in [-0.1, -0.05) is 18.2 Å². The van der Waals surface area contributed by atoms with Crippen LogP contribution in [0.1, 0.15) is 20.8 Å². The van der Waals surface area contributed by atoms with Gasteiger partial charge in [0.1, 0.15) is 5.69 Å². The summed E-state index contributed by atoms with van der Waals surface area (Å²) in [6, 6.07) is 8.08. The first-order valence-corrected chi connectivity index (χ1v) is 5.20. The highest BCUT2D eigenvalue weighted by atomic mass is 16.4. The minimum absolute atomic E-state index is 0.294. The van der Waals surface area contributed by atoms with Crippen LogP contribution in [-0.4, -0.2) is 26.9 Å². The fourth-order valence-corrected chi connectivity index (χ4v) is 1.50. The predicted octanol–water partition coefficient (Wildman–Crippen LogP) is -0.159. The Kier molecular flexibility index (Phi) is 3.06. The molecule has 0 aliphatic carbocycles. The number of nitrogens with two attached hydrogens (primary N) is 1. The van der Waals surface area contributed by atoms with E-state index in [9.17, 15) is 14.4 Å². The maximum absolute atomic E-state index is 11.8. The summed E-state index contributed by atoms with van der Waals surface area (Å²) in [4.78, 5) is 34.8. The van der Waals surface area contributed by atoms with Crippen molar-refractivity contribution in [3.8, 4) is 0 Å². The van der Waals surface area contributed by atoms with Crippen molar-refractivity contribution in [1.82, 2.24) is 9.89 Å². The number of nitrogen functional groups attached to an aromatic ring is 1. The van der Waals surface area contributed by atoms with Gasteiger partial charge in [0.25, 0.3) is 5.91 Å². The first-order chi connectivity index (χ1) is 9.00. The second kappa shape index (κ2) is 4.69. The molecule has 0 saturated carbocycles. The van der Waals surface area contributed by atoms with E-state index in [2.05, 4.69) is 10.4 Å². The third-order valence-electron chi connectivity index (χ3n) is 2.40. The van der Waals surface area contributed by atoms with E-state index in [4.69, 9.17) is 10.9 Å². The Morgan fingerprint density at radius 3 is 2.47 bits per heavy atom. The molecule has 8 nitrogen and oxygen atoms in total. The lowest BCUT2D eigenvalue weighted by Crippen LogP contribution is -2.27. The quantitative estimate of drug-likeness (QED) is 0.571. The second-order valence-corrected chi connectivity index (χ2v) is 3.66. The van der Waals surface area contributed by atoms with Crippen LogP contribution in [0.25, 0.3) is 0 Å². The summed E-state index contributed by atoms with van der Waals surface area (Å²) in [5.41, 5.74) is -1.41. The molecule has 1 aromatic heterocycles. The van der Waals surface area contributed by atoms with Crippen LogP contribution < -0.4 is 16.7 Å². The highest BCUT2D eigenvalue weighted by molar-refractivity contribution is 6.07. The van der Waals surface area contributed by atoms with E-state index in [0.717, 1.165) is 0 Å². The number of aromatic carboxylic acids is 1. The lowest BCUT2D eigenvalue weighted by Gasteiger charge is -2.02. The molecular formula is C11H10N4O4. The van der Waals surface area contributed by atoms with Gasteiger partial charge in [-0.05, 0) is 12.1 Å². The average molecular weight is 262 g/mol. The number of rotatable bonds is 3. The maximum atomic E-state index is 11.8. The van der Waals surface area contributed by atoms with Gasteiger partial charge in [-0.25, -0.2) is 4.79 Å². The van der Waals surface area contributed by atoms with Crippen LogP contribution in [0.15, 0.2) is 35.1 Å². The number of carbonyl (C=O) groups is 2. The number of amides is 1. The Morgan fingerprint density at radius 2 is 1.89 bits per heavy atom. The molecule has 1 aromatic carbocycles. The van der Waals surface area contributed by atoms with E-state index in [0.29, 0.717) is 10.4 Å². The zero-order valence-electron chi connectivity index (χ0n) is 9.58. The molecule has 0 aliphatic heterocycles. The molecule has 98 valence electrons. The topological polar surface area (TPSA) is 130 Å². The number of hydrogen-bond donors (Lipinski definition) is 4. The summed E-state index contributed by atoms with van der Waals surface area (Å²) >= 11 is 0. The van der Waals surface area contributed by atoms with Gasteiger partial charge in [0.05, 0.1) is 0 Å². The van der Waals surface area contributed by atoms with Crippen molar-refractivity contribution in [2.24, 2.45) is 0 Å². The smallest absolute Gasteiger partial charge is 0.356 e. The molecule has 0 spiro atoms. The van der Waals surface area contributed by atoms with Crippen molar-refractivity contribution < 1.29 is 14.7 Å². The average Bonchev–Trinajstić information content (AvgIpc) is 2.68. The first kappa shape index (κ1) is 12.4. The minimum atomic E-state index is -1.40. The van der Waals surface area contributed by atoms with Gasteiger partial charge >= 0.3 is 11.5 Å². The predicted molar refractivity (Wildman–Crippen MR) is 66.6 cm³/mol. The molecule has 0 fully saturated rings. The summed E-state index contributed by atoms with van der Waals surface area (Å²) in [5, 5.41) is 13.3. The number of anilines is 1. The van der Waals surface area contributed by atoms with Gasteiger partial charge in [0, 0.05) is 5.56 Å². The van der Waals surface area contributed by atoms with Gasteiger partial charge in [-0.2, -0.15) is 4.79 Å². The van der Waals surface area contributed by atoms with Crippen LogP contribution >= 0.6 is 0 Å². The molecule has 19 heavy (non-hydrogen) atoms. The SMILES string of the molecule is Nn1[nH]c(C(=O)O)c(NC(=O)c2ccccc2)c1=O. The van der Waals surface area contributed by atoms with Crippen LogP contribution in [0.5, 0.6) is 0 Å². The molecular weight excluding hydrogens is 252 g/mol. The normalized spacial score (nSPS) is 10.1. The Balaban J connectivity index is 2.37. The fraction of sp³-hybridized carbons (Fsp3) is 0. The Bertz CT molecular complexity index is 686. The molecule has 0 atom stereocenters. The summed E-state index contributed by atoms with van der Waals surface area (Å²) in [6.07, 6.45) is 0. The number of hydrogen-bond acceptors (Lipinski definition) is 4. The van der Waals surface area contributed by atoms with E-state index in [1.54, 1.807) is 18.2 Å². The van der Waals surface area contributed by atoms with Crippen molar-refractivity contribution in [1.29, 1.82) is 0 Å². The lowest BCUT2D eigenvalue weighted by atomic mass is 10.2. The molecule has 0 aliphatic rings. The Morgan fingerprint density at radius 1 is 1.26 bits per heavy atom. The number of carboxylic acid groups (broad SMARTS) is 1. The third kappa shape index (κ3) is 2.32. The van der Waals surface area contributed by atoms with E-state index >= 15 is 0 Å². The van der Waals surface area contributed by atoms with E-state index in [1.165, 1.54) is 12.1 Å². The van der Waals surface area contributed by atoms with E-state index < -0.39 is 28.8 Å². The minimum Gasteiger partial charge on any atom is -0.476 e. The molecule has 1 heterocycles. The van der Waals surface area contributed by atoms with Crippen molar-refractivity contribution >= 4 is 17.6 Å². The van der Waals surface area contributed by atoms with Crippen LogP contribution in [0, 0.1) is 0 Å². The number of aromatic amines is 1. The van der Waals surface area contributed by atoms with Gasteiger partial charge in [0.2, 0.25) is 0 Å². The number of nitrogens with zero attached hydrogens (tertiary/aromatic N) is 1. The number of benzene rings is 1. The van der Waals surface area contributed by atoms with E-state index in [1.807, 2.05) is 0 Å². The molecule has 8 heteroatoms. The largest absolute Gasteiger partial charge is 0.476 e. The number of carbonyl (C=O) groups excluding carboxylic acids is 1. The summed E-state index contributed by atoms with van der Waals surface area (Å²) in [5.74, 6) is 3.23. The van der Waals surface area contributed by atoms with Crippen molar-refractivity contribution in [3.63, 3.8) is 0 Å². The standard InChI is InChI=1S/C11H10N4O4/c12-15-10(17)7(8(14-15)11(18)19)13-9(16)6-4-2-1-3-5-6/h1-5,14H,12H2,(H,13,16)(H,18,19). The zero-order valence-corrected chi connectivity index (χ0v) is 9.58. The highest BCUT2D eigenvalue weighted by Gasteiger charge is 2.21. The van der Waals surface area contributed by atoms with Gasteiger partial charge in [-0.3, -0.25) is 14.7 Å². The number of H-pyrrole nitrogens is 1. The fourth-order valence-electron chi connectivity index (χ4n) is 1.50. The highest BCUT2D eigenvalue weighted by Crippen LogP contribution is 2.09. The lowest BCUT2D eigenvalue weighted by molar-refractivity contribution is 0.0691. The monoisotopic (exact) mass is 262 g/mol. The summed E-state index contributed by atoms with van der Waals surface area (Å²) < 4.78 is 0.